The van der Waals surface area contributed by atoms with Gasteiger partial charge in [-0.2, -0.15) is 0 Å². The molecule has 0 bridgehead atoms. The number of carbonyl (C=O) groups excluding carboxylic acids is 2. The topological polar surface area (TPSA) is 81.1 Å². The van der Waals surface area contributed by atoms with Crippen LogP contribution in [0.3, 0.4) is 0 Å². The molecule has 0 spiro atoms. The quantitative estimate of drug-likeness (QED) is 0.582. The molecular formula is C16H26N3O4+. The molecule has 0 fully saturated rings. The Balaban J connectivity index is 2.51. The van der Waals surface area contributed by atoms with E-state index in [0.29, 0.717) is 23.7 Å². The van der Waals surface area contributed by atoms with Crippen LogP contribution in [-0.2, 0) is 9.59 Å². The van der Waals surface area contributed by atoms with Gasteiger partial charge in [0.1, 0.15) is 0 Å². The molecule has 1 aromatic rings. The van der Waals surface area contributed by atoms with Crippen molar-refractivity contribution in [2.45, 2.75) is 13.3 Å². The average molecular weight is 324 g/mol. The summed E-state index contributed by atoms with van der Waals surface area (Å²) in [5.41, 5.74) is 0.621. The van der Waals surface area contributed by atoms with Crippen LogP contribution < -0.4 is 25.0 Å². The molecule has 1 aromatic carbocycles. The van der Waals surface area contributed by atoms with Crippen molar-refractivity contribution in [2.75, 3.05) is 46.2 Å². The molecule has 2 amide bonds. The summed E-state index contributed by atoms with van der Waals surface area (Å²) >= 11 is 0. The first-order chi connectivity index (χ1) is 11.0. The number of hydrogen-bond donors (Lipinski definition) is 3. The lowest BCUT2D eigenvalue weighted by molar-refractivity contribution is -0.862. The Bertz CT molecular complexity index is 534. The van der Waals surface area contributed by atoms with Crippen molar-refractivity contribution in [1.29, 1.82) is 0 Å². The van der Waals surface area contributed by atoms with Gasteiger partial charge in [0.2, 0.25) is 0 Å². The van der Waals surface area contributed by atoms with E-state index in [0.717, 1.165) is 11.3 Å². The highest BCUT2D eigenvalue weighted by molar-refractivity contribution is 5.92. The zero-order valence-electron chi connectivity index (χ0n) is 14.2. The first-order valence-corrected chi connectivity index (χ1v) is 7.60. The van der Waals surface area contributed by atoms with E-state index in [1.807, 2.05) is 6.92 Å². The summed E-state index contributed by atoms with van der Waals surface area (Å²) in [6, 6.07) is 5.16. The number of amides is 2. The number of ether oxygens (including phenoxy) is 2. The van der Waals surface area contributed by atoms with Crippen LogP contribution in [0, 0.1) is 0 Å². The first-order valence-electron chi connectivity index (χ1n) is 7.60. The second-order valence-electron chi connectivity index (χ2n) is 5.28. The number of carbonyl (C=O) groups is 2. The van der Waals surface area contributed by atoms with Gasteiger partial charge in [-0.15, -0.1) is 0 Å². The average Bonchev–Trinajstić information content (AvgIpc) is 2.52. The first kappa shape index (κ1) is 18.8. The minimum absolute atomic E-state index is 0.0525. The fraction of sp³-hybridized carbons (Fsp3) is 0.500. The molecule has 7 nitrogen and oxygen atoms in total. The number of quaternary nitrogens is 1. The molecule has 0 aliphatic rings. The largest absolute Gasteiger partial charge is 0.493 e. The van der Waals surface area contributed by atoms with Gasteiger partial charge in [-0.25, -0.2) is 0 Å². The van der Waals surface area contributed by atoms with E-state index in [4.69, 9.17) is 9.47 Å². The van der Waals surface area contributed by atoms with E-state index < -0.39 is 0 Å². The molecule has 0 radical (unpaired) electrons. The maximum Gasteiger partial charge on any atom is 0.279 e. The molecule has 0 heterocycles. The van der Waals surface area contributed by atoms with Gasteiger partial charge in [0.05, 0.1) is 21.3 Å². The number of benzene rings is 1. The van der Waals surface area contributed by atoms with Crippen molar-refractivity contribution in [3.63, 3.8) is 0 Å². The molecule has 1 unspecified atom stereocenters. The second-order valence-corrected chi connectivity index (χ2v) is 5.28. The maximum absolute atomic E-state index is 12.0. The summed E-state index contributed by atoms with van der Waals surface area (Å²) in [5.74, 6) is 0.923. The minimum atomic E-state index is -0.169. The summed E-state index contributed by atoms with van der Waals surface area (Å²) in [6.07, 6.45) is 0.893. The van der Waals surface area contributed by atoms with Gasteiger partial charge in [0.15, 0.2) is 24.6 Å². The number of anilines is 1. The zero-order valence-corrected chi connectivity index (χ0v) is 14.2. The third kappa shape index (κ3) is 6.56. The smallest absolute Gasteiger partial charge is 0.279 e. The molecule has 0 saturated heterocycles. The van der Waals surface area contributed by atoms with Crippen molar-refractivity contribution in [2.24, 2.45) is 0 Å². The molecule has 128 valence electrons. The predicted octanol–water partition coefficient (Wildman–Crippen LogP) is -0.317. The standard InChI is InChI=1S/C16H25N3O4/c1-5-8-17-15(20)10-19(2)11-16(21)18-12-6-7-13(22-3)14(9-12)23-4/h6-7,9H,5,8,10-11H2,1-4H3,(H,17,20)(H,18,21)/p+1. The Morgan fingerprint density at radius 3 is 2.35 bits per heavy atom. The number of nitrogens with one attached hydrogen (secondary N) is 3. The summed E-state index contributed by atoms with van der Waals surface area (Å²) in [5, 5.41) is 5.58. The summed E-state index contributed by atoms with van der Waals surface area (Å²) in [4.78, 5) is 24.5. The van der Waals surface area contributed by atoms with Crippen LogP contribution in [0.15, 0.2) is 18.2 Å². The summed E-state index contributed by atoms with van der Waals surface area (Å²) in [7, 11) is 4.90. The van der Waals surface area contributed by atoms with Crippen LogP contribution in [0.4, 0.5) is 5.69 Å². The van der Waals surface area contributed by atoms with Crippen LogP contribution in [-0.4, -0.2) is 52.7 Å². The molecule has 3 N–H and O–H groups in total. The van der Waals surface area contributed by atoms with Gasteiger partial charge < -0.3 is 25.0 Å². The maximum atomic E-state index is 12.0. The minimum Gasteiger partial charge on any atom is -0.493 e. The molecule has 0 aliphatic carbocycles. The van der Waals surface area contributed by atoms with E-state index in [1.165, 1.54) is 7.11 Å². The van der Waals surface area contributed by atoms with Gasteiger partial charge in [-0.1, -0.05) is 6.92 Å². The van der Waals surface area contributed by atoms with E-state index in [2.05, 4.69) is 10.6 Å². The highest BCUT2D eigenvalue weighted by Gasteiger charge is 2.14. The number of hydrogen-bond acceptors (Lipinski definition) is 4. The number of likely N-dealkylation sites (N-methyl/N-ethyl adjacent to an activating group) is 1. The fourth-order valence-electron chi connectivity index (χ4n) is 2.06. The van der Waals surface area contributed by atoms with E-state index in [9.17, 15) is 9.59 Å². The lowest BCUT2D eigenvalue weighted by atomic mass is 10.2. The Labute approximate surface area is 136 Å². The Morgan fingerprint density at radius 2 is 1.74 bits per heavy atom. The molecular weight excluding hydrogens is 298 g/mol. The summed E-state index contributed by atoms with van der Waals surface area (Å²) in [6.45, 7) is 3.12. The Kier molecular flexibility index (Phi) is 7.90. The Hall–Kier alpha value is -2.28. The van der Waals surface area contributed by atoms with E-state index >= 15 is 0 Å². The van der Waals surface area contributed by atoms with Gasteiger partial charge in [0.25, 0.3) is 11.8 Å². The van der Waals surface area contributed by atoms with Crippen molar-refractivity contribution in [3.8, 4) is 11.5 Å². The summed E-state index contributed by atoms with van der Waals surface area (Å²) < 4.78 is 10.3. The monoisotopic (exact) mass is 324 g/mol. The van der Waals surface area contributed by atoms with Crippen molar-refractivity contribution >= 4 is 17.5 Å². The molecule has 0 aromatic heterocycles. The molecule has 23 heavy (non-hydrogen) atoms. The normalized spacial score (nSPS) is 11.5. The highest BCUT2D eigenvalue weighted by atomic mass is 16.5. The van der Waals surface area contributed by atoms with Gasteiger partial charge in [-0.3, -0.25) is 9.59 Å². The second kappa shape index (κ2) is 9.68. The van der Waals surface area contributed by atoms with Crippen LogP contribution in [0.1, 0.15) is 13.3 Å². The molecule has 0 aliphatic heterocycles. The van der Waals surface area contributed by atoms with Crippen LogP contribution >= 0.6 is 0 Å². The van der Waals surface area contributed by atoms with Gasteiger partial charge in [0, 0.05) is 18.3 Å². The molecule has 1 rings (SSSR count). The SMILES string of the molecule is CCCNC(=O)C[NH+](C)CC(=O)Nc1ccc(OC)c(OC)c1. The third-order valence-electron chi connectivity index (χ3n) is 3.16. The van der Waals surface area contributed by atoms with E-state index in [1.54, 1.807) is 32.4 Å². The van der Waals surface area contributed by atoms with E-state index in [-0.39, 0.29) is 24.9 Å². The van der Waals surface area contributed by atoms with Crippen LogP contribution in [0.2, 0.25) is 0 Å². The van der Waals surface area contributed by atoms with Crippen molar-refractivity contribution in [3.05, 3.63) is 18.2 Å². The number of rotatable bonds is 9. The highest BCUT2D eigenvalue weighted by Crippen LogP contribution is 2.29. The van der Waals surface area contributed by atoms with Crippen LogP contribution in [0.25, 0.3) is 0 Å². The zero-order chi connectivity index (χ0) is 17.2. The lowest BCUT2D eigenvalue weighted by Gasteiger charge is -2.14. The van der Waals surface area contributed by atoms with Gasteiger partial charge in [-0.05, 0) is 18.6 Å². The van der Waals surface area contributed by atoms with Crippen molar-refractivity contribution in [1.82, 2.24) is 5.32 Å². The van der Waals surface area contributed by atoms with Gasteiger partial charge >= 0.3 is 0 Å². The molecule has 0 saturated carbocycles. The predicted molar refractivity (Wildman–Crippen MR) is 88.1 cm³/mol. The van der Waals surface area contributed by atoms with Crippen LogP contribution in [0.5, 0.6) is 11.5 Å². The molecule has 7 heteroatoms. The molecule has 1 atom stereocenters. The fourth-order valence-corrected chi connectivity index (χ4v) is 2.06. The Morgan fingerprint density at radius 1 is 1.09 bits per heavy atom. The van der Waals surface area contributed by atoms with Crippen molar-refractivity contribution < 1.29 is 24.0 Å². The number of methoxy groups -OCH3 is 2. The lowest BCUT2D eigenvalue weighted by Crippen LogP contribution is -3.11. The third-order valence-corrected chi connectivity index (χ3v) is 3.16.